The van der Waals surface area contributed by atoms with E-state index in [2.05, 4.69) is 31.0 Å². The van der Waals surface area contributed by atoms with Crippen LogP contribution in [0.5, 0.6) is 11.6 Å². The summed E-state index contributed by atoms with van der Waals surface area (Å²) in [6, 6.07) is 5.62. The highest BCUT2D eigenvalue weighted by molar-refractivity contribution is 5.95. The number of ether oxygens (including phenoxy) is 2. The highest BCUT2D eigenvalue weighted by Gasteiger charge is 2.25. The fraction of sp³-hybridized carbons (Fsp3) is 0.520. The Hall–Kier alpha value is -3.20. The van der Waals surface area contributed by atoms with Crippen molar-refractivity contribution in [2.75, 3.05) is 25.6 Å². The van der Waals surface area contributed by atoms with Gasteiger partial charge in [0.25, 0.3) is 5.65 Å². The molecule has 0 amide bonds. The molecule has 0 bridgehead atoms. The van der Waals surface area contributed by atoms with Crippen molar-refractivity contribution in [1.29, 1.82) is 0 Å². The second-order valence-corrected chi connectivity index (χ2v) is 9.44. The molecule has 0 aliphatic heterocycles. The van der Waals surface area contributed by atoms with Crippen LogP contribution in [0.25, 0.3) is 5.65 Å². The summed E-state index contributed by atoms with van der Waals surface area (Å²) in [5, 5.41) is 18.0. The van der Waals surface area contributed by atoms with Crippen LogP contribution in [0.3, 0.4) is 0 Å². The Balaban J connectivity index is 1.94. The lowest BCUT2D eigenvalue weighted by molar-refractivity contribution is -0.723. The van der Waals surface area contributed by atoms with E-state index in [1.165, 1.54) is 9.20 Å². The van der Waals surface area contributed by atoms with Crippen LogP contribution in [0.1, 0.15) is 67.6 Å². The zero-order valence-corrected chi connectivity index (χ0v) is 21.0. The number of benzene rings is 1. The van der Waals surface area contributed by atoms with Gasteiger partial charge in [-0.1, -0.05) is 35.5 Å². The Morgan fingerprint density at radius 2 is 1.88 bits per heavy atom. The molecule has 3 aromatic rings. The molecule has 3 rings (SSSR count). The van der Waals surface area contributed by atoms with Crippen molar-refractivity contribution < 1.29 is 24.1 Å². The van der Waals surface area contributed by atoms with Gasteiger partial charge in [0.2, 0.25) is 5.88 Å². The molecular weight excluding hydrogens is 434 g/mol. The van der Waals surface area contributed by atoms with Crippen molar-refractivity contribution in [2.45, 2.75) is 66.3 Å². The number of fused-ring (bicyclic) bond motifs is 1. The fourth-order valence-corrected chi connectivity index (χ4v) is 3.55. The fourth-order valence-electron chi connectivity index (χ4n) is 3.55. The average molecular weight is 471 g/mol. The van der Waals surface area contributed by atoms with Crippen molar-refractivity contribution in [1.82, 2.24) is 14.7 Å². The molecular formula is C25H36N5O4+. The number of unbranched alkanes of at least 4 members (excludes halogenated alkanes) is 1. The summed E-state index contributed by atoms with van der Waals surface area (Å²) in [6.07, 6.45) is 1.41. The van der Waals surface area contributed by atoms with Gasteiger partial charge in [0.05, 0.1) is 13.2 Å². The molecule has 2 aromatic heterocycles. The Labute approximate surface area is 200 Å². The van der Waals surface area contributed by atoms with E-state index >= 15 is 0 Å². The number of carbonyl (C=O) groups excluding carboxylic acids is 1. The second-order valence-electron chi connectivity index (χ2n) is 9.44. The first-order valence-corrected chi connectivity index (χ1v) is 11.7. The molecule has 0 radical (unpaired) electrons. The number of aryl methyl sites for hydroxylation is 1. The van der Waals surface area contributed by atoms with E-state index in [1.54, 1.807) is 6.07 Å². The number of Topliss-reactive ketones (excluding diaryl/α,β-unsaturated/α-hetero) is 1. The van der Waals surface area contributed by atoms with E-state index in [0.29, 0.717) is 42.5 Å². The van der Waals surface area contributed by atoms with Gasteiger partial charge in [-0.3, -0.25) is 10.5 Å². The molecule has 0 aliphatic carbocycles. The van der Waals surface area contributed by atoms with Crippen molar-refractivity contribution >= 4 is 17.4 Å². The minimum absolute atomic E-state index is 0.0325. The first-order chi connectivity index (χ1) is 16.1. The van der Waals surface area contributed by atoms with Crippen LogP contribution in [0, 0.1) is 13.8 Å². The van der Waals surface area contributed by atoms with Gasteiger partial charge in [-0.15, -0.1) is 4.68 Å². The zero-order chi connectivity index (χ0) is 25.0. The average Bonchev–Trinajstić information content (AvgIpc) is 3.09. The normalized spacial score (nSPS) is 11.7. The topological polar surface area (TPSA) is 116 Å². The second kappa shape index (κ2) is 10.4. The largest absolute Gasteiger partial charge is 0.494 e. The van der Waals surface area contributed by atoms with Crippen LogP contribution in [0.15, 0.2) is 18.2 Å². The highest BCUT2D eigenvalue weighted by Crippen LogP contribution is 2.28. The minimum atomic E-state index is -0.164. The number of hydrogen-bond donors (Lipinski definition) is 2. The number of nitrogens with two attached hydrogens (primary N) is 1. The van der Waals surface area contributed by atoms with Gasteiger partial charge in [0.1, 0.15) is 5.75 Å². The van der Waals surface area contributed by atoms with E-state index in [9.17, 15) is 4.79 Å². The summed E-state index contributed by atoms with van der Waals surface area (Å²) >= 11 is 0. The summed E-state index contributed by atoms with van der Waals surface area (Å²) in [5.74, 6) is 1.25. The molecule has 0 aliphatic rings. The molecule has 0 saturated carbocycles. The standard InChI is InChI=1S/C25H35N5O4/c1-7-33-23-17(3)16(2)22-27-29(24(26)30(22)28-23)15-21(32)18-12-19(25(4,5)6)14-20(13-18)34-11-9-8-10-31/h12-14,26,31H,7-11,15H2,1-6H3/p+1. The number of nitrogens with zero attached hydrogens (tertiary/aromatic N) is 4. The van der Waals surface area contributed by atoms with Crippen molar-refractivity contribution in [2.24, 2.45) is 0 Å². The number of hydrogen-bond acceptors (Lipinski definition) is 7. The van der Waals surface area contributed by atoms with Crippen molar-refractivity contribution in [3.8, 4) is 11.6 Å². The lowest BCUT2D eigenvalue weighted by Gasteiger charge is -2.21. The Bertz CT molecular complexity index is 1180. The smallest absolute Gasteiger partial charge is 0.401 e. The van der Waals surface area contributed by atoms with Crippen LogP contribution in [0.2, 0.25) is 0 Å². The number of nitrogen functional groups attached to an aromatic ring is 1. The maximum atomic E-state index is 13.3. The third-order valence-electron chi connectivity index (χ3n) is 5.80. The molecule has 9 heteroatoms. The van der Waals surface area contributed by atoms with Crippen LogP contribution in [-0.2, 0) is 12.0 Å². The first-order valence-electron chi connectivity index (χ1n) is 11.7. The number of rotatable bonds is 10. The monoisotopic (exact) mass is 470 g/mol. The highest BCUT2D eigenvalue weighted by atomic mass is 16.5. The van der Waals surface area contributed by atoms with Crippen LogP contribution in [0.4, 0.5) is 5.95 Å². The quantitative estimate of drug-likeness (QED) is 0.266. The van der Waals surface area contributed by atoms with Gasteiger partial charge in [0, 0.05) is 23.3 Å². The van der Waals surface area contributed by atoms with Gasteiger partial charge in [-0.2, -0.15) is 0 Å². The Kier molecular flexibility index (Phi) is 7.76. The molecule has 9 nitrogen and oxygen atoms in total. The van der Waals surface area contributed by atoms with Crippen LogP contribution in [-0.4, -0.2) is 45.4 Å². The molecule has 0 unspecified atom stereocenters. The molecule has 0 saturated heterocycles. The number of aliphatic hydroxyl groups is 1. The third kappa shape index (κ3) is 5.47. The molecule has 0 atom stereocenters. The van der Waals surface area contributed by atoms with E-state index in [0.717, 1.165) is 23.1 Å². The van der Waals surface area contributed by atoms with E-state index in [4.69, 9.17) is 20.3 Å². The minimum Gasteiger partial charge on any atom is -0.494 e. The maximum Gasteiger partial charge on any atom is 0.401 e. The Morgan fingerprint density at radius 1 is 1.15 bits per heavy atom. The SMILES string of the molecule is CCOc1nn2c(N)[n+](CC(=O)c3cc(OCCCCO)cc(C(C)(C)C)c3)nc2c(C)c1C. The van der Waals surface area contributed by atoms with Crippen molar-refractivity contribution in [3.05, 3.63) is 40.5 Å². The number of carbonyl (C=O) groups is 1. The lowest BCUT2D eigenvalue weighted by atomic mass is 9.85. The predicted octanol–water partition coefficient (Wildman–Crippen LogP) is 2.95. The summed E-state index contributed by atoms with van der Waals surface area (Å²) in [6.45, 7) is 13.1. The molecule has 184 valence electrons. The summed E-state index contributed by atoms with van der Waals surface area (Å²) in [7, 11) is 0. The van der Waals surface area contributed by atoms with Crippen LogP contribution < -0.4 is 19.9 Å². The molecule has 2 heterocycles. The molecule has 0 fully saturated rings. The molecule has 0 spiro atoms. The Morgan fingerprint density at radius 3 is 2.53 bits per heavy atom. The third-order valence-corrected chi connectivity index (χ3v) is 5.80. The number of aromatic nitrogens is 4. The van der Waals surface area contributed by atoms with Gasteiger partial charge in [-0.05, 0) is 62.8 Å². The number of ketones is 1. The van der Waals surface area contributed by atoms with Gasteiger partial charge in [-0.25, -0.2) is 0 Å². The summed E-state index contributed by atoms with van der Waals surface area (Å²) < 4.78 is 14.5. The molecule has 34 heavy (non-hydrogen) atoms. The predicted molar refractivity (Wildman–Crippen MR) is 130 cm³/mol. The van der Waals surface area contributed by atoms with E-state index in [1.807, 2.05) is 32.9 Å². The van der Waals surface area contributed by atoms with Crippen LogP contribution >= 0.6 is 0 Å². The number of aliphatic hydroxyl groups excluding tert-OH is 1. The van der Waals surface area contributed by atoms with E-state index < -0.39 is 0 Å². The lowest BCUT2D eigenvalue weighted by Crippen LogP contribution is -2.42. The summed E-state index contributed by atoms with van der Waals surface area (Å²) in [5.41, 5.74) is 10.1. The van der Waals surface area contributed by atoms with Gasteiger partial charge in [0.15, 0.2) is 12.3 Å². The van der Waals surface area contributed by atoms with Gasteiger partial charge >= 0.3 is 5.95 Å². The zero-order valence-electron chi connectivity index (χ0n) is 21.0. The summed E-state index contributed by atoms with van der Waals surface area (Å²) in [4.78, 5) is 13.3. The first kappa shape index (κ1) is 25.4. The molecule has 1 aromatic carbocycles. The maximum absolute atomic E-state index is 13.3. The van der Waals surface area contributed by atoms with E-state index in [-0.39, 0.29) is 30.3 Å². The number of anilines is 1. The van der Waals surface area contributed by atoms with Crippen molar-refractivity contribution in [3.63, 3.8) is 0 Å². The van der Waals surface area contributed by atoms with Gasteiger partial charge < -0.3 is 14.6 Å². The molecule has 3 N–H and O–H groups in total.